The maximum atomic E-state index is 9.41. The Balaban J connectivity index is 1.46. The maximum Gasteiger partial charge on any atom is 0.145 e. The van der Waals surface area contributed by atoms with Crippen LogP contribution in [0.4, 0.5) is 0 Å². The van der Waals surface area contributed by atoms with E-state index in [0.29, 0.717) is 17.1 Å². The largest absolute Gasteiger partial charge is 0.292 e. The van der Waals surface area contributed by atoms with Gasteiger partial charge in [0.05, 0.1) is 31.6 Å². The summed E-state index contributed by atoms with van der Waals surface area (Å²) < 4.78 is 136. The molecule has 2 heteroatoms. The Kier molecular flexibility index (Phi) is 3.36. The minimum atomic E-state index is -0.737. The van der Waals surface area contributed by atoms with E-state index in [1.54, 1.807) is 24.3 Å². The Morgan fingerprint density at radius 3 is 1.73 bits per heavy atom. The lowest BCUT2D eigenvalue weighted by Crippen LogP contribution is -1.97. The van der Waals surface area contributed by atoms with Crippen LogP contribution in [0.25, 0.3) is 82.7 Å². The van der Waals surface area contributed by atoms with E-state index in [-0.39, 0.29) is 32.7 Å². The zero-order chi connectivity index (χ0) is 42.8. The zero-order valence-electron chi connectivity index (χ0n) is 38.4. The number of aromatic nitrogens is 2. The molecule has 8 aromatic carbocycles. The number of imidazole rings is 1. The third-order valence-electron chi connectivity index (χ3n) is 7.88. The lowest BCUT2D eigenvalue weighted by atomic mass is 9.85. The van der Waals surface area contributed by atoms with E-state index in [0.717, 1.165) is 16.6 Å². The third-order valence-corrected chi connectivity index (χ3v) is 7.88. The Hall–Kier alpha value is -5.99. The zero-order valence-corrected chi connectivity index (χ0v) is 23.4. The SMILES string of the molecule is [2H]c1c([2H])c([2H])c2c([2H])c(-c3c4c([2H])c([2H])c([2H])c([2H])c4c(-c4ccc(-n5c(-c6ccccc6)nc6ccccc65)cc4)c4c([2H])c([2H])c([2H])c([2H])c34)c([2H])c([2H])c2c1[2H]. The Morgan fingerprint density at radius 2 is 1.04 bits per heavy atom. The summed E-state index contributed by atoms with van der Waals surface area (Å²) in [5.74, 6) is 0.652. The van der Waals surface area contributed by atoms with Gasteiger partial charge in [0, 0.05) is 11.3 Å². The molecule has 1 heterocycles. The van der Waals surface area contributed by atoms with Crippen molar-refractivity contribution in [2.45, 2.75) is 0 Å². The average molecular weight is 588 g/mol. The highest BCUT2D eigenvalue weighted by molar-refractivity contribution is 6.21. The fourth-order valence-electron chi connectivity index (χ4n) is 5.92. The third kappa shape index (κ3) is 4.15. The Bertz CT molecular complexity index is 3280. The molecule has 9 rings (SSSR count). The van der Waals surface area contributed by atoms with Crippen molar-refractivity contribution in [2.75, 3.05) is 0 Å². The molecule has 0 aliphatic rings. The first-order valence-electron chi connectivity index (χ1n) is 21.7. The van der Waals surface area contributed by atoms with Crippen LogP contribution in [-0.2, 0) is 0 Å². The molecule has 210 valence electrons. The van der Waals surface area contributed by atoms with Crippen molar-refractivity contribution in [3.8, 4) is 39.3 Å². The van der Waals surface area contributed by atoms with Gasteiger partial charge >= 0.3 is 0 Å². The van der Waals surface area contributed by atoms with Crippen LogP contribution in [0.3, 0.4) is 0 Å². The molecule has 2 nitrogen and oxygen atoms in total. The van der Waals surface area contributed by atoms with Crippen molar-refractivity contribution in [2.24, 2.45) is 0 Å². The summed E-state index contributed by atoms with van der Waals surface area (Å²) in [5, 5.41) is -1.80. The number of fused-ring (bicyclic) bond motifs is 4. The van der Waals surface area contributed by atoms with Gasteiger partial charge in [-0.2, -0.15) is 0 Å². The van der Waals surface area contributed by atoms with Crippen LogP contribution < -0.4 is 0 Å². The Morgan fingerprint density at radius 1 is 0.467 bits per heavy atom. The minimum absolute atomic E-state index is 0.0277. The van der Waals surface area contributed by atoms with Gasteiger partial charge in [0.15, 0.2) is 0 Å². The van der Waals surface area contributed by atoms with Crippen LogP contribution in [0.1, 0.15) is 20.6 Å². The average Bonchev–Trinajstić information content (AvgIpc) is 3.65. The van der Waals surface area contributed by atoms with Gasteiger partial charge in [0.2, 0.25) is 0 Å². The lowest BCUT2D eigenvalue weighted by molar-refractivity contribution is 1.10. The summed E-state index contributed by atoms with van der Waals surface area (Å²) in [6.07, 6.45) is 0. The first-order chi connectivity index (χ1) is 28.6. The molecule has 0 unspecified atom stereocenters. The van der Waals surface area contributed by atoms with E-state index in [2.05, 4.69) is 0 Å². The van der Waals surface area contributed by atoms with E-state index >= 15 is 0 Å². The number of para-hydroxylation sites is 2. The summed E-state index contributed by atoms with van der Waals surface area (Å²) in [4.78, 5) is 4.91. The second kappa shape index (κ2) is 10.3. The highest BCUT2D eigenvalue weighted by Gasteiger charge is 2.18. The molecule has 0 saturated carbocycles. The predicted octanol–water partition coefficient (Wildman–Crippen LogP) is 11.5. The van der Waals surface area contributed by atoms with Gasteiger partial charge in [-0.1, -0.05) is 139 Å². The summed E-state index contributed by atoms with van der Waals surface area (Å²) in [5.41, 5.74) is 2.54. The fraction of sp³-hybridized carbons (Fsp3) is 0. The molecule has 9 aromatic rings. The molecule has 0 N–H and O–H groups in total. The van der Waals surface area contributed by atoms with Crippen LogP contribution in [0.15, 0.2) is 169 Å². The molecular formula is C43H28N2. The molecule has 0 aliphatic carbocycles. The maximum absolute atomic E-state index is 9.41. The number of benzene rings is 8. The van der Waals surface area contributed by atoms with Crippen molar-refractivity contribution in [1.29, 1.82) is 0 Å². The molecule has 0 saturated heterocycles. The van der Waals surface area contributed by atoms with Crippen molar-refractivity contribution < 1.29 is 20.6 Å². The molecule has 0 amide bonds. The summed E-state index contributed by atoms with van der Waals surface area (Å²) in [6, 6.07) is 14.1. The molecule has 1 aromatic heterocycles. The van der Waals surface area contributed by atoms with Gasteiger partial charge in [0.1, 0.15) is 5.82 Å². The first-order valence-corrected chi connectivity index (χ1v) is 14.2. The second-order valence-corrected chi connectivity index (χ2v) is 10.4. The van der Waals surface area contributed by atoms with E-state index in [9.17, 15) is 8.22 Å². The number of hydrogen-bond acceptors (Lipinski definition) is 1. The van der Waals surface area contributed by atoms with E-state index in [4.69, 9.17) is 17.3 Å². The van der Waals surface area contributed by atoms with Crippen molar-refractivity contribution >= 4 is 43.4 Å². The molecule has 0 aliphatic heterocycles. The van der Waals surface area contributed by atoms with Crippen molar-refractivity contribution in [3.63, 3.8) is 0 Å². The summed E-state index contributed by atoms with van der Waals surface area (Å²) in [7, 11) is 0. The van der Waals surface area contributed by atoms with E-state index < -0.39 is 107 Å². The molecule has 0 spiro atoms. The minimum Gasteiger partial charge on any atom is -0.292 e. The van der Waals surface area contributed by atoms with Gasteiger partial charge in [-0.15, -0.1) is 0 Å². The quantitative estimate of drug-likeness (QED) is 0.187. The van der Waals surface area contributed by atoms with Crippen LogP contribution >= 0.6 is 0 Å². The molecule has 0 atom stereocenters. The lowest BCUT2D eigenvalue weighted by Gasteiger charge is -2.18. The van der Waals surface area contributed by atoms with E-state index in [1.165, 1.54) is 0 Å². The van der Waals surface area contributed by atoms with Gasteiger partial charge in [0.25, 0.3) is 0 Å². The second-order valence-electron chi connectivity index (χ2n) is 10.4. The van der Waals surface area contributed by atoms with Gasteiger partial charge in [-0.3, -0.25) is 4.57 Å². The molecule has 0 bridgehead atoms. The van der Waals surface area contributed by atoms with Gasteiger partial charge in [-0.05, 0) is 84.9 Å². The number of hydrogen-bond donors (Lipinski definition) is 0. The number of rotatable bonds is 4. The molecule has 0 radical (unpaired) electrons. The first kappa shape index (κ1) is 14.7. The van der Waals surface area contributed by atoms with Crippen LogP contribution in [0, 0.1) is 0 Å². The molecule has 0 fully saturated rings. The van der Waals surface area contributed by atoms with Crippen molar-refractivity contribution in [1.82, 2.24) is 9.55 Å². The normalized spacial score (nSPS) is 16.2. The van der Waals surface area contributed by atoms with Crippen LogP contribution in [0.2, 0.25) is 0 Å². The predicted molar refractivity (Wildman–Crippen MR) is 190 cm³/mol. The smallest absolute Gasteiger partial charge is 0.145 e. The summed E-state index contributed by atoms with van der Waals surface area (Å²) in [6.45, 7) is 0. The van der Waals surface area contributed by atoms with Crippen LogP contribution in [0.5, 0.6) is 0 Å². The fourth-order valence-corrected chi connectivity index (χ4v) is 5.92. The van der Waals surface area contributed by atoms with Gasteiger partial charge < -0.3 is 0 Å². The summed E-state index contributed by atoms with van der Waals surface area (Å²) >= 11 is 0. The topological polar surface area (TPSA) is 17.8 Å². The van der Waals surface area contributed by atoms with Crippen LogP contribution in [-0.4, -0.2) is 9.55 Å². The monoisotopic (exact) mass is 587 g/mol. The molecule has 45 heavy (non-hydrogen) atoms. The standard InChI is InChI=1S/C43H28N2/c1-2-13-31(14-3-1)43-44-39-20-10-11-21-40(39)45(43)34-26-24-30(25-27-34)41-35-16-6-8-18-37(35)42(38-19-9-7-17-36(38)41)33-23-22-29-12-4-5-15-32(29)28-33/h1-28H/i4D,5D,6D,7D,8D,9D,12D,15D,16D,17D,18D,19D,22D,23D,28D. The Labute approximate surface area is 282 Å². The highest BCUT2D eigenvalue weighted by Crippen LogP contribution is 2.44. The number of nitrogens with zero attached hydrogens (tertiary/aromatic N) is 2. The highest BCUT2D eigenvalue weighted by atomic mass is 15.1. The van der Waals surface area contributed by atoms with E-state index in [1.807, 2.05) is 59.2 Å². The molecular weight excluding hydrogens is 544 g/mol. The van der Waals surface area contributed by atoms with Crippen molar-refractivity contribution in [3.05, 3.63) is 169 Å². The van der Waals surface area contributed by atoms with Gasteiger partial charge in [-0.25, -0.2) is 4.98 Å².